The van der Waals surface area contributed by atoms with Crippen LogP contribution in [0.4, 0.5) is 5.69 Å². The third kappa shape index (κ3) is 7.42. The Hall–Kier alpha value is -3.74. The lowest BCUT2D eigenvalue weighted by atomic mass is 9.96. The Morgan fingerprint density at radius 3 is 2.21 bits per heavy atom. The highest BCUT2D eigenvalue weighted by molar-refractivity contribution is 5.73. The van der Waals surface area contributed by atoms with Gasteiger partial charge in [-0.05, 0) is 6.07 Å². The first kappa shape index (κ1) is 25.5. The minimum absolute atomic E-state index is 0.0169. The van der Waals surface area contributed by atoms with Crippen LogP contribution in [0.3, 0.4) is 0 Å². The van der Waals surface area contributed by atoms with Gasteiger partial charge in [-0.25, -0.2) is 0 Å². The molecule has 2 rings (SSSR count). The molecule has 0 radical (unpaired) electrons. The number of carbonyl (C=O) groups excluding carboxylic acids is 4. The van der Waals surface area contributed by atoms with Crippen molar-refractivity contribution in [3.8, 4) is 5.75 Å². The molecule has 0 aromatic heterocycles. The van der Waals surface area contributed by atoms with E-state index < -0.39 is 66.0 Å². The standard InChI is InChI=1S/C20H24N2O11/c1-10(23)21-17-19(31-13(4)26)18(30-12(3)25)16(9-29-11(2)24)33-20(17)32-15-7-5-6-14(8-15)22(27)28/h5-8,16-20H,9H2,1-4H3,(H,21,23)/t16-,17+,18-,19-,20-/m1/s1. The average molecular weight is 468 g/mol. The summed E-state index contributed by atoms with van der Waals surface area (Å²) in [4.78, 5) is 57.2. The van der Waals surface area contributed by atoms with Crippen molar-refractivity contribution in [1.82, 2.24) is 5.32 Å². The van der Waals surface area contributed by atoms with Gasteiger partial charge in [-0.2, -0.15) is 0 Å². The number of non-ortho nitro benzene ring substituents is 1. The SMILES string of the molecule is CC(=O)N[C@@H]1[C@H](Oc2cccc([N+](=O)[O-])c2)O[C@H](COC(C)=O)[C@@H](OC(C)=O)[C@@H]1OC(C)=O. The molecule has 13 heteroatoms. The maximum Gasteiger partial charge on any atom is 0.303 e. The predicted octanol–water partition coefficient (Wildman–Crippen LogP) is 0.630. The quantitative estimate of drug-likeness (QED) is 0.246. The maximum absolute atomic E-state index is 11.9. The highest BCUT2D eigenvalue weighted by Gasteiger charge is 2.52. The van der Waals surface area contributed by atoms with E-state index >= 15 is 0 Å². The van der Waals surface area contributed by atoms with E-state index in [1.165, 1.54) is 25.1 Å². The first-order chi connectivity index (χ1) is 15.5. The maximum atomic E-state index is 11.9. The van der Waals surface area contributed by atoms with Crippen molar-refractivity contribution in [3.63, 3.8) is 0 Å². The molecule has 1 aromatic carbocycles. The molecule has 5 atom stereocenters. The van der Waals surface area contributed by atoms with Gasteiger partial charge in [0.1, 0.15) is 24.5 Å². The van der Waals surface area contributed by atoms with Gasteiger partial charge in [-0.3, -0.25) is 29.3 Å². The third-order valence-electron chi connectivity index (χ3n) is 4.35. The second-order valence-corrected chi connectivity index (χ2v) is 7.09. The molecular formula is C20H24N2O11. The average Bonchev–Trinajstić information content (AvgIpc) is 2.70. The molecule has 0 spiro atoms. The summed E-state index contributed by atoms with van der Waals surface area (Å²) < 4.78 is 27.2. The molecule has 1 amide bonds. The van der Waals surface area contributed by atoms with Crippen molar-refractivity contribution in [2.45, 2.75) is 58.3 Å². The number of benzene rings is 1. The van der Waals surface area contributed by atoms with Crippen molar-refractivity contribution >= 4 is 29.5 Å². The number of nitro groups is 1. The molecule has 1 heterocycles. The molecule has 180 valence electrons. The Labute approximate surface area is 188 Å². The number of amides is 1. The lowest BCUT2D eigenvalue weighted by Gasteiger charge is -2.44. The third-order valence-corrected chi connectivity index (χ3v) is 4.35. The molecule has 1 N–H and O–H groups in total. The summed E-state index contributed by atoms with van der Waals surface area (Å²) in [6.45, 7) is 4.19. The van der Waals surface area contributed by atoms with Gasteiger partial charge in [0, 0.05) is 33.8 Å². The molecule has 1 aliphatic heterocycles. The van der Waals surface area contributed by atoms with Crippen LogP contribution in [-0.4, -0.2) is 66.0 Å². The van der Waals surface area contributed by atoms with Gasteiger partial charge in [0.15, 0.2) is 12.2 Å². The molecule has 13 nitrogen and oxygen atoms in total. The van der Waals surface area contributed by atoms with Crippen LogP contribution in [0.15, 0.2) is 24.3 Å². The topological polar surface area (TPSA) is 170 Å². The fourth-order valence-electron chi connectivity index (χ4n) is 3.20. The van der Waals surface area contributed by atoms with Crippen LogP contribution < -0.4 is 10.1 Å². The van der Waals surface area contributed by atoms with Crippen molar-refractivity contribution in [3.05, 3.63) is 34.4 Å². The van der Waals surface area contributed by atoms with Gasteiger partial charge in [0.25, 0.3) is 5.69 Å². The van der Waals surface area contributed by atoms with Crippen LogP contribution in [0.1, 0.15) is 27.7 Å². The Morgan fingerprint density at radius 2 is 1.67 bits per heavy atom. The van der Waals surface area contributed by atoms with Crippen LogP contribution in [0.5, 0.6) is 5.75 Å². The number of esters is 3. The lowest BCUT2D eigenvalue weighted by Crippen LogP contribution is -2.67. The van der Waals surface area contributed by atoms with E-state index in [2.05, 4.69) is 5.32 Å². The molecule has 0 bridgehead atoms. The van der Waals surface area contributed by atoms with E-state index in [0.717, 1.165) is 26.8 Å². The van der Waals surface area contributed by atoms with Crippen LogP contribution in [-0.2, 0) is 38.1 Å². The molecule has 0 aliphatic carbocycles. The van der Waals surface area contributed by atoms with Gasteiger partial charge >= 0.3 is 17.9 Å². The Morgan fingerprint density at radius 1 is 1.03 bits per heavy atom. The number of rotatable bonds is 8. The van der Waals surface area contributed by atoms with Crippen LogP contribution >= 0.6 is 0 Å². The van der Waals surface area contributed by atoms with Crippen molar-refractivity contribution in [2.75, 3.05) is 6.61 Å². The lowest BCUT2D eigenvalue weighted by molar-refractivity contribution is -0.385. The summed E-state index contributed by atoms with van der Waals surface area (Å²) >= 11 is 0. The van der Waals surface area contributed by atoms with E-state index in [0.29, 0.717) is 0 Å². The normalized spacial score (nSPS) is 24.2. The molecule has 0 saturated carbocycles. The van der Waals surface area contributed by atoms with Crippen molar-refractivity contribution in [1.29, 1.82) is 0 Å². The summed E-state index contributed by atoms with van der Waals surface area (Å²) in [5.74, 6) is -2.68. The van der Waals surface area contributed by atoms with E-state index in [1.807, 2.05) is 0 Å². The van der Waals surface area contributed by atoms with Gasteiger partial charge in [-0.1, -0.05) is 6.07 Å². The van der Waals surface area contributed by atoms with Gasteiger partial charge in [0.05, 0.1) is 11.0 Å². The molecule has 0 unspecified atom stereocenters. The Kier molecular flexibility index (Phi) is 8.68. The summed E-state index contributed by atoms with van der Waals surface area (Å²) in [7, 11) is 0. The zero-order chi connectivity index (χ0) is 24.7. The number of hydrogen-bond donors (Lipinski definition) is 1. The highest BCUT2D eigenvalue weighted by atomic mass is 16.7. The number of nitrogens with one attached hydrogen (secondary N) is 1. The van der Waals surface area contributed by atoms with Gasteiger partial charge in [-0.15, -0.1) is 0 Å². The number of ether oxygens (including phenoxy) is 5. The summed E-state index contributed by atoms with van der Waals surface area (Å²) in [5, 5.41) is 13.6. The first-order valence-corrected chi connectivity index (χ1v) is 9.79. The zero-order valence-electron chi connectivity index (χ0n) is 18.3. The summed E-state index contributed by atoms with van der Waals surface area (Å²) in [6, 6.07) is 3.99. The Balaban J connectivity index is 2.47. The monoisotopic (exact) mass is 468 g/mol. The largest absolute Gasteiger partial charge is 0.463 e. The van der Waals surface area contributed by atoms with Gasteiger partial charge < -0.3 is 29.0 Å². The molecular weight excluding hydrogens is 444 g/mol. The molecule has 1 aromatic rings. The minimum Gasteiger partial charge on any atom is -0.463 e. The predicted molar refractivity (Wildman–Crippen MR) is 108 cm³/mol. The van der Waals surface area contributed by atoms with Gasteiger partial charge in [0.2, 0.25) is 12.2 Å². The van der Waals surface area contributed by atoms with Crippen molar-refractivity contribution in [2.24, 2.45) is 0 Å². The van der Waals surface area contributed by atoms with E-state index in [1.54, 1.807) is 0 Å². The smallest absolute Gasteiger partial charge is 0.303 e. The highest BCUT2D eigenvalue weighted by Crippen LogP contribution is 2.30. The van der Waals surface area contributed by atoms with Crippen LogP contribution in [0.25, 0.3) is 0 Å². The summed E-state index contributed by atoms with van der Waals surface area (Å²) in [6.07, 6.45) is -5.09. The number of nitrogens with zero attached hydrogens (tertiary/aromatic N) is 1. The number of nitro benzene ring substituents is 1. The second-order valence-electron chi connectivity index (χ2n) is 7.09. The molecule has 1 fully saturated rings. The Bertz CT molecular complexity index is 919. The molecule has 1 saturated heterocycles. The molecule has 33 heavy (non-hydrogen) atoms. The fourth-order valence-corrected chi connectivity index (χ4v) is 3.20. The zero-order valence-corrected chi connectivity index (χ0v) is 18.3. The van der Waals surface area contributed by atoms with Crippen LogP contribution in [0, 0.1) is 10.1 Å². The first-order valence-electron chi connectivity index (χ1n) is 9.79. The second kappa shape index (κ2) is 11.2. The fraction of sp³-hybridized carbons (Fsp3) is 0.500. The van der Waals surface area contributed by atoms with Crippen LogP contribution in [0.2, 0.25) is 0 Å². The minimum atomic E-state index is -1.37. The van der Waals surface area contributed by atoms with E-state index in [9.17, 15) is 29.3 Å². The molecule has 1 aliphatic rings. The number of hydrogen-bond acceptors (Lipinski definition) is 11. The van der Waals surface area contributed by atoms with E-state index in [4.69, 9.17) is 23.7 Å². The summed E-state index contributed by atoms with van der Waals surface area (Å²) in [5.41, 5.74) is -0.259. The van der Waals surface area contributed by atoms with Crippen molar-refractivity contribution < 1.29 is 47.8 Å². The van der Waals surface area contributed by atoms with E-state index in [-0.39, 0.29) is 11.4 Å². The number of carbonyl (C=O) groups is 4.